The molecule has 1 aliphatic heterocycles. The summed E-state index contributed by atoms with van der Waals surface area (Å²) in [4.78, 5) is 25.2. The number of urea groups is 1. The van der Waals surface area contributed by atoms with E-state index < -0.39 is 29.6 Å². The van der Waals surface area contributed by atoms with Crippen molar-refractivity contribution in [1.29, 1.82) is 0 Å². The Hall–Kier alpha value is -3.82. The summed E-state index contributed by atoms with van der Waals surface area (Å²) in [7, 11) is 4.34. The molecular formula is C21H21F2N3O5. The number of ether oxygens (including phenoxy) is 3. The largest absolute Gasteiger partial charge is 0.493 e. The lowest BCUT2D eigenvalue weighted by atomic mass is 9.94. The number of halogens is 2. The zero-order valence-electron chi connectivity index (χ0n) is 17.3. The Morgan fingerprint density at radius 1 is 1.00 bits per heavy atom. The first-order chi connectivity index (χ1) is 14.8. The number of methoxy groups -OCH3 is 3. The van der Waals surface area contributed by atoms with Crippen molar-refractivity contribution < 1.29 is 32.6 Å². The zero-order chi connectivity index (χ0) is 22.7. The summed E-state index contributed by atoms with van der Waals surface area (Å²) in [5.41, 5.74) is 1.00. The Labute approximate surface area is 177 Å². The van der Waals surface area contributed by atoms with Crippen LogP contribution >= 0.6 is 0 Å². The number of benzene rings is 2. The van der Waals surface area contributed by atoms with Crippen molar-refractivity contribution in [3.05, 3.63) is 58.8 Å². The fraction of sp³-hybridized carbons (Fsp3) is 0.238. The van der Waals surface area contributed by atoms with E-state index >= 15 is 0 Å². The van der Waals surface area contributed by atoms with Crippen LogP contribution in [0.1, 0.15) is 18.5 Å². The predicted octanol–water partition coefficient (Wildman–Crippen LogP) is 3.26. The average molecular weight is 433 g/mol. The normalized spacial score (nSPS) is 15.7. The van der Waals surface area contributed by atoms with Crippen molar-refractivity contribution in [2.45, 2.75) is 13.0 Å². The minimum Gasteiger partial charge on any atom is -0.493 e. The predicted molar refractivity (Wildman–Crippen MR) is 108 cm³/mol. The van der Waals surface area contributed by atoms with E-state index in [4.69, 9.17) is 14.2 Å². The second kappa shape index (κ2) is 8.90. The minimum atomic E-state index is -1.10. The molecule has 0 unspecified atom stereocenters. The monoisotopic (exact) mass is 433 g/mol. The molecule has 0 fully saturated rings. The zero-order valence-corrected chi connectivity index (χ0v) is 17.3. The topological polar surface area (TPSA) is 97.9 Å². The van der Waals surface area contributed by atoms with Crippen molar-refractivity contribution in [3.8, 4) is 17.2 Å². The summed E-state index contributed by atoms with van der Waals surface area (Å²) < 4.78 is 42.7. The fourth-order valence-electron chi connectivity index (χ4n) is 3.29. The number of nitrogens with one attached hydrogen (secondary N) is 3. The highest BCUT2D eigenvalue weighted by molar-refractivity contribution is 6.06. The van der Waals surface area contributed by atoms with Gasteiger partial charge in [-0.25, -0.2) is 13.6 Å². The lowest BCUT2D eigenvalue weighted by Gasteiger charge is -2.29. The van der Waals surface area contributed by atoms with E-state index in [-0.39, 0.29) is 11.3 Å². The molecule has 0 aliphatic carbocycles. The van der Waals surface area contributed by atoms with Gasteiger partial charge in [0.2, 0.25) is 5.75 Å². The van der Waals surface area contributed by atoms with Crippen LogP contribution in [0.5, 0.6) is 17.2 Å². The highest BCUT2D eigenvalue weighted by atomic mass is 19.2. The van der Waals surface area contributed by atoms with Crippen LogP contribution in [0.4, 0.5) is 19.3 Å². The minimum absolute atomic E-state index is 0.0599. The number of anilines is 1. The molecule has 10 heteroatoms. The smallest absolute Gasteiger partial charge is 0.319 e. The van der Waals surface area contributed by atoms with Gasteiger partial charge in [0.1, 0.15) is 0 Å². The molecule has 1 aliphatic rings. The Kier molecular flexibility index (Phi) is 6.28. The summed E-state index contributed by atoms with van der Waals surface area (Å²) in [5.74, 6) is -1.72. The van der Waals surface area contributed by atoms with E-state index in [2.05, 4.69) is 16.0 Å². The van der Waals surface area contributed by atoms with Crippen molar-refractivity contribution >= 4 is 17.6 Å². The second-order valence-electron chi connectivity index (χ2n) is 6.61. The molecule has 0 bridgehead atoms. The number of allylic oxidation sites excluding steroid dienone is 1. The lowest BCUT2D eigenvalue weighted by molar-refractivity contribution is -0.113. The van der Waals surface area contributed by atoms with Crippen LogP contribution in [-0.4, -0.2) is 33.3 Å². The molecule has 0 saturated heterocycles. The molecular weight excluding hydrogens is 412 g/mol. The number of hydrogen-bond acceptors (Lipinski definition) is 5. The molecule has 164 valence electrons. The quantitative estimate of drug-likeness (QED) is 0.650. The molecule has 0 spiro atoms. The van der Waals surface area contributed by atoms with Crippen LogP contribution in [0.25, 0.3) is 0 Å². The summed E-state index contributed by atoms with van der Waals surface area (Å²) >= 11 is 0. The van der Waals surface area contributed by atoms with E-state index in [1.54, 1.807) is 19.1 Å². The lowest BCUT2D eigenvalue weighted by Crippen LogP contribution is -2.46. The number of rotatable bonds is 6. The third-order valence-electron chi connectivity index (χ3n) is 4.71. The Morgan fingerprint density at radius 3 is 2.19 bits per heavy atom. The van der Waals surface area contributed by atoms with Gasteiger partial charge in [-0.15, -0.1) is 0 Å². The number of carbonyl (C=O) groups is 2. The van der Waals surface area contributed by atoms with E-state index in [9.17, 15) is 18.4 Å². The molecule has 1 atom stereocenters. The van der Waals surface area contributed by atoms with Crippen LogP contribution in [0.15, 0.2) is 41.6 Å². The Balaban J connectivity index is 2.04. The highest BCUT2D eigenvalue weighted by Gasteiger charge is 2.32. The molecule has 0 radical (unpaired) electrons. The number of hydrogen-bond donors (Lipinski definition) is 3. The molecule has 0 saturated carbocycles. The van der Waals surface area contributed by atoms with Gasteiger partial charge >= 0.3 is 6.03 Å². The van der Waals surface area contributed by atoms with Crippen LogP contribution in [0.3, 0.4) is 0 Å². The van der Waals surface area contributed by atoms with E-state index in [1.165, 1.54) is 27.4 Å². The van der Waals surface area contributed by atoms with Crippen molar-refractivity contribution in [2.24, 2.45) is 0 Å². The summed E-state index contributed by atoms with van der Waals surface area (Å²) in [6.07, 6.45) is 0. The van der Waals surface area contributed by atoms with Gasteiger partial charge in [0, 0.05) is 17.5 Å². The molecule has 1 heterocycles. The van der Waals surface area contributed by atoms with Crippen LogP contribution in [0.2, 0.25) is 0 Å². The fourth-order valence-corrected chi connectivity index (χ4v) is 3.29. The molecule has 3 amide bonds. The van der Waals surface area contributed by atoms with Crippen molar-refractivity contribution in [3.63, 3.8) is 0 Å². The van der Waals surface area contributed by atoms with Gasteiger partial charge in [-0.05, 0) is 36.8 Å². The van der Waals surface area contributed by atoms with Crippen LogP contribution in [-0.2, 0) is 4.79 Å². The SMILES string of the molecule is COc1cc([C@H]2NC(=O)NC(C)=C2C(=O)Nc2ccc(F)c(F)c2)cc(OC)c1OC. The summed E-state index contributed by atoms with van der Waals surface area (Å²) in [6, 6.07) is 4.82. The standard InChI is InChI=1S/C21H21F2N3O5/c1-10-17(20(27)25-12-5-6-13(22)14(23)9-12)18(26-21(28)24-10)11-7-15(29-2)19(31-4)16(8-11)30-3/h5-9,18H,1-4H3,(H,25,27)(H2,24,26,28)/t18-/m1/s1. The summed E-state index contributed by atoms with van der Waals surface area (Å²) in [6.45, 7) is 1.56. The van der Waals surface area contributed by atoms with Crippen LogP contribution < -0.4 is 30.2 Å². The maximum absolute atomic E-state index is 13.5. The van der Waals surface area contributed by atoms with Gasteiger partial charge < -0.3 is 30.2 Å². The highest BCUT2D eigenvalue weighted by Crippen LogP contribution is 2.41. The number of carbonyl (C=O) groups excluding carboxylic acids is 2. The third kappa shape index (κ3) is 4.37. The van der Waals surface area contributed by atoms with Crippen LogP contribution in [0, 0.1) is 11.6 Å². The average Bonchev–Trinajstić information content (AvgIpc) is 2.74. The Bertz CT molecular complexity index is 1050. The maximum atomic E-state index is 13.5. The Morgan fingerprint density at radius 2 is 1.65 bits per heavy atom. The molecule has 8 nitrogen and oxygen atoms in total. The van der Waals surface area contributed by atoms with Crippen molar-refractivity contribution in [2.75, 3.05) is 26.6 Å². The van der Waals surface area contributed by atoms with Gasteiger partial charge in [-0.3, -0.25) is 4.79 Å². The van der Waals surface area contributed by atoms with E-state index in [1.807, 2.05) is 0 Å². The molecule has 0 aromatic heterocycles. The van der Waals surface area contributed by atoms with E-state index in [0.29, 0.717) is 28.5 Å². The first-order valence-electron chi connectivity index (χ1n) is 9.13. The van der Waals surface area contributed by atoms with Gasteiger partial charge in [0.05, 0.1) is 32.9 Å². The second-order valence-corrected chi connectivity index (χ2v) is 6.61. The first kappa shape index (κ1) is 21.9. The van der Waals surface area contributed by atoms with Gasteiger partial charge in [0.15, 0.2) is 23.1 Å². The molecule has 31 heavy (non-hydrogen) atoms. The first-order valence-corrected chi connectivity index (χ1v) is 9.13. The van der Waals surface area contributed by atoms with Gasteiger partial charge in [-0.1, -0.05) is 0 Å². The van der Waals surface area contributed by atoms with Gasteiger partial charge in [-0.2, -0.15) is 0 Å². The molecule has 2 aromatic rings. The summed E-state index contributed by atoms with van der Waals surface area (Å²) in [5, 5.41) is 7.75. The third-order valence-corrected chi connectivity index (χ3v) is 4.71. The maximum Gasteiger partial charge on any atom is 0.319 e. The molecule has 2 aromatic carbocycles. The molecule has 3 rings (SSSR count). The van der Waals surface area contributed by atoms with Crippen molar-refractivity contribution in [1.82, 2.24) is 10.6 Å². The molecule has 3 N–H and O–H groups in total. The van der Waals surface area contributed by atoms with E-state index in [0.717, 1.165) is 12.1 Å². The number of amides is 3. The van der Waals surface area contributed by atoms with Gasteiger partial charge in [0.25, 0.3) is 5.91 Å².